The lowest BCUT2D eigenvalue weighted by molar-refractivity contribution is -0.119. The standard InChI is InChI=1S/C17H23N3OS/c21-16(19-14-8-4-2-1-3-5-9-14)13-22-17-18-12-15-10-6-7-11-20(15)17/h6-7,10-12,14H,1-5,8-9,13H2,(H,19,21). The molecule has 22 heavy (non-hydrogen) atoms. The second-order valence-corrected chi connectivity index (χ2v) is 6.88. The predicted molar refractivity (Wildman–Crippen MR) is 90.2 cm³/mol. The van der Waals surface area contributed by atoms with Crippen molar-refractivity contribution in [2.24, 2.45) is 0 Å². The van der Waals surface area contributed by atoms with Gasteiger partial charge in [-0.3, -0.25) is 9.20 Å². The van der Waals surface area contributed by atoms with Gasteiger partial charge in [0.25, 0.3) is 0 Å². The van der Waals surface area contributed by atoms with Crippen LogP contribution in [0.5, 0.6) is 0 Å². The summed E-state index contributed by atoms with van der Waals surface area (Å²) in [5.74, 6) is 0.563. The van der Waals surface area contributed by atoms with E-state index in [-0.39, 0.29) is 5.91 Å². The van der Waals surface area contributed by atoms with Crippen LogP contribution in [0.25, 0.3) is 5.52 Å². The maximum atomic E-state index is 12.2. The zero-order valence-corrected chi connectivity index (χ0v) is 13.6. The molecule has 0 unspecified atom stereocenters. The first-order chi connectivity index (χ1) is 10.8. The average Bonchev–Trinajstić information content (AvgIpc) is 2.91. The van der Waals surface area contributed by atoms with Crippen LogP contribution in [0.1, 0.15) is 44.9 Å². The van der Waals surface area contributed by atoms with Crippen molar-refractivity contribution in [3.8, 4) is 0 Å². The molecule has 0 spiro atoms. The minimum absolute atomic E-state index is 0.128. The van der Waals surface area contributed by atoms with E-state index in [1.165, 1.54) is 43.9 Å². The van der Waals surface area contributed by atoms with Crippen LogP contribution in [-0.4, -0.2) is 27.1 Å². The first-order valence-electron chi connectivity index (χ1n) is 8.17. The summed E-state index contributed by atoms with van der Waals surface area (Å²) in [6.07, 6.45) is 12.5. The quantitative estimate of drug-likeness (QED) is 0.876. The van der Waals surface area contributed by atoms with E-state index >= 15 is 0 Å². The molecular formula is C17H23N3OS. The zero-order valence-electron chi connectivity index (χ0n) is 12.8. The van der Waals surface area contributed by atoms with Gasteiger partial charge in [-0.05, 0) is 25.0 Å². The van der Waals surface area contributed by atoms with E-state index < -0.39 is 0 Å². The largest absolute Gasteiger partial charge is 0.353 e. The third-order valence-electron chi connectivity index (χ3n) is 4.21. The van der Waals surface area contributed by atoms with Crippen LogP contribution in [0.15, 0.2) is 35.7 Å². The Balaban J connectivity index is 1.51. The third kappa shape index (κ3) is 4.03. The molecule has 0 atom stereocenters. The maximum Gasteiger partial charge on any atom is 0.230 e. The van der Waals surface area contributed by atoms with Gasteiger partial charge in [-0.2, -0.15) is 0 Å². The molecule has 3 rings (SSSR count). The normalized spacial score (nSPS) is 17.1. The maximum absolute atomic E-state index is 12.2. The number of aromatic nitrogens is 2. The van der Waals surface area contributed by atoms with Crippen molar-refractivity contribution in [1.29, 1.82) is 0 Å². The minimum Gasteiger partial charge on any atom is -0.353 e. The molecule has 4 nitrogen and oxygen atoms in total. The summed E-state index contributed by atoms with van der Waals surface area (Å²) in [6.45, 7) is 0. The Hall–Kier alpha value is -1.49. The van der Waals surface area contributed by atoms with Gasteiger partial charge in [0, 0.05) is 12.2 Å². The fraction of sp³-hybridized carbons (Fsp3) is 0.529. The van der Waals surface area contributed by atoms with E-state index in [0.29, 0.717) is 11.8 Å². The Morgan fingerprint density at radius 3 is 2.82 bits per heavy atom. The van der Waals surface area contributed by atoms with Crippen LogP contribution >= 0.6 is 11.8 Å². The summed E-state index contributed by atoms with van der Waals surface area (Å²) in [5, 5.41) is 4.08. The van der Waals surface area contributed by atoms with Gasteiger partial charge < -0.3 is 5.32 Å². The van der Waals surface area contributed by atoms with Crippen LogP contribution in [0.3, 0.4) is 0 Å². The molecule has 0 aromatic carbocycles. The van der Waals surface area contributed by atoms with Crippen molar-refractivity contribution in [3.05, 3.63) is 30.6 Å². The number of thioether (sulfide) groups is 1. The smallest absolute Gasteiger partial charge is 0.230 e. The summed E-state index contributed by atoms with van der Waals surface area (Å²) < 4.78 is 2.02. The van der Waals surface area contributed by atoms with E-state index in [0.717, 1.165) is 23.5 Å². The number of carbonyl (C=O) groups excluding carboxylic acids is 1. The SMILES string of the molecule is O=C(CSc1ncc2ccccn12)NC1CCCCCCC1. The van der Waals surface area contributed by atoms with Gasteiger partial charge in [-0.15, -0.1) is 0 Å². The Morgan fingerprint density at radius 2 is 2.00 bits per heavy atom. The summed E-state index contributed by atoms with van der Waals surface area (Å²) in [6, 6.07) is 6.36. The number of rotatable bonds is 4. The molecule has 0 radical (unpaired) electrons. The summed E-state index contributed by atoms with van der Waals surface area (Å²) >= 11 is 1.50. The Bertz CT molecular complexity index is 617. The van der Waals surface area contributed by atoms with Gasteiger partial charge in [-0.1, -0.05) is 49.9 Å². The summed E-state index contributed by atoms with van der Waals surface area (Å²) in [4.78, 5) is 16.6. The Labute approximate surface area is 135 Å². The number of amides is 1. The lowest BCUT2D eigenvalue weighted by Gasteiger charge is -2.20. The molecular weight excluding hydrogens is 294 g/mol. The van der Waals surface area contributed by atoms with Crippen molar-refractivity contribution < 1.29 is 4.79 Å². The van der Waals surface area contributed by atoms with Gasteiger partial charge in [0.2, 0.25) is 5.91 Å². The van der Waals surface area contributed by atoms with Crippen LogP contribution in [0.4, 0.5) is 0 Å². The van der Waals surface area contributed by atoms with Crippen LogP contribution < -0.4 is 5.32 Å². The van der Waals surface area contributed by atoms with E-state index in [1.54, 1.807) is 0 Å². The molecule has 2 aromatic rings. The highest BCUT2D eigenvalue weighted by molar-refractivity contribution is 7.99. The van der Waals surface area contributed by atoms with Crippen molar-refractivity contribution in [2.45, 2.75) is 56.1 Å². The zero-order chi connectivity index (χ0) is 15.2. The number of imidazole rings is 1. The minimum atomic E-state index is 0.128. The number of hydrogen-bond donors (Lipinski definition) is 1. The third-order valence-corrected chi connectivity index (χ3v) is 5.17. The summed E-state index contributed by atoms with van der Waals surface area (Å²) in [7, 11) is 0. The fourth-order valence-electron chi connectivity index (χ4n) is 3.03. The highest BCUT2D eigenvalue weighted by Crippen LogP contribution is 2.19. The number of fused-ring (bicyclic) bond motifs is 1. The van der Waals surface area contributed by atoms with E-state index in [2.05, 4.69) is 10.3 Å². The van der Waals surface area contributed by atoms with Gasteiger partial charge in [0.1, 0.15) is 0 Å². The molecule has 2 heterocycles. The lowest BCUT2D eigenvalue weighted by atomic mass is 9.97. The topological polar surface area (TPSA) is 46.4 Å². The monoisotopic (exact) mass is 317 g/mol. The molecule has 1 aliphatic carbocycles. The average molecular weight is 317 g/mol. The molecule has 2 aromatic heterocycles. The van der Waals surface area contributed by atoms with Gasteiger partial charge >= 0.3 is 0 Å². The molecule has 118 valence electrons. The number of nitrogens with one attached hydrogen (secondary N) is 1. The molecule has 1 saturated carbocycles. The van der Waals surface area contributed by atoms with Gasteiger partial charge in [0.15, 0.2) is 5.16 Å². The number of pyridine rings is 1. The molecule has 1 amide bonds. The second-order valence-electron chi connectivity index (χ2n) is 5.93. The fourth-order valence-corrected chi connectivity index (χ4v) is 3.80. The van der Waals surface area contributed by atoms with E-state index in [4.69, 9.17) is 0 Å². The van der Waals surface area contributed by atoms with Crippen LogP contribution in [0.2, 0.25) is 0 Å². The van der Waals surface area contributed by atoms with Gasteiger partial charge in [0.05, 0.1) is 17.5 Å². The first kappa shape index (κ1) is 15.4. The van der Waals surface area contributed by atoms with Crippen molar-refractivity contribution in [1.82, 2.24) is 14.7 Å². The molecule has 0 aliphatic heterocycles. The Morgan fingerprint density at radius 1 is 1.23 bits per heavy atom. The van der Waals surface area contributed by atoms with Crippen molar-refractivity contribution in [2.75, 3.05) is 5.75 Å². The first-order valence-corrected chi connectivity index (χ1v) is 9.16. The molecule has 5 heteroatoms. The van der Waals surface area contributed by atoms with Crippen LogP contribution in [-0.2, 0) is 4.79 Å². The molecule has 1 aliphatic rings. The molecule has 1 fully saturated rings. The number of carbonyl (C=O) groups is 1. The molecule has 0 bridgehead atoms. The molecule has 0 saturated heterocycles. The van der Waals surface area contributed by atoms with Crippen molar-refractivity contribution >= 4 is 23.2 Å². The predicted octanol–water partition coefficient (Wildman–Crippen LogP) is 3.66. The number of nitrogens with zero attached hydrogens (tertiary/aromatic N) is 2. The van der Waals surface area contributed by atoms with Gasteiger partial charge in [-0.25, -0.2) is 4.98 Å². The highest BCUT2D eigenvalue weighted by Gasteiger charge is 2.14. The number of hydrogen-bond acceptors (Lipinski definition) is 3. The molecule has 1 N–H and O–H groups in total. The second kappa shape index (κ2) is 7.68. The summed E-state index contributed by atoms with van der Waals surface area (Å²) in [5.41, 5.74) is 1.06. The lowest BCUT2D eigenvalue weighted by Crippen LogP contribution is -2.36. The van der Waals surface area contributed by atoms with E-state index in [1.807, 2.05) is 35.0 Å². The van der Waals surface area contributed by atoms with Crippen molar-refractivity contribution in [3.63, 3.8) is 0 Å². The van der Waals surface area contributed by atoms with Crippen LogP contribution in [0, 0.1) is 0 Å². The van der Waals surface area contributed by atoms with E-state index in [9.17, 15) is 4.79 Å². The Kier molecular flexibility index (Phi) is 5.38. The highest BCUT2D eigenvalue weighted by atomic mass is 32.2.